The number of rotatable bonds is 3. The highest BCUT2D eigenvalue weighted by Crippen LogP contribution is 2.31. The number of benzene rings is 1. The summed E-state index contributed by atoms with van der Waals surface area (Å²) in [5.74, 6) is -4.02. The summed E-state index contributed by atoms with van der Waals surface area (Å²) in [7, 11) is -4.23. The highest BCUT2D eigenvalue weighted by molar-refractivity contribution is 9.10. The Hall–Kier alpha value is -1.06. The lowest BCUT2D eigenvalue weighted by Crippen LogP contribution is -2.42. The van der Waals surface area contributed by atoms with Crippen LogP contribution in [0.15, 0.2) is 21.5 Å². The van der Waals surface area contributed by atoms with Gasteiger partial charge in [-0.25, -0.2) is 17.2 Å². The molecule has 1 saturated heterocycles. The van der Waals surface area contributed by atoms with Gasteiger partial charge >= 0.3 is 5.97 Å². The molecule has 0 aromatic heterocycles. The number of aliphatic carboxylic acids is 1. The summed E-state index contributed by atoms with van der Waals surface area (Å²) in [5.41, 5.74) is 0. The highest BCUT2D eigenvalue weighted by Gasteiger charge is 2.36. The normalized spacial score (nSPS) is 20.4. The first-order valence-electron chi connectivity index (χ1n) is 6.11. The molecule has 1 aromatic rings. The Morgan fingerprint density at radius 2 is 2.05 bits per heavy atom. The van der Waals surface area contributed by atoms with Crippen molar-refractivity contribution in [1.29, 1.82) is 0 Å². The minimum atomic E-state index is -4.23. The van der Waals surface area contributed by atoms with Crippen LogP contribution in [-0.2, 0) is 14.8 Å². The average Bonchev–Trinajstić information content (AvgIpc) is 2.37. The number of hydrogen-bond donors (Lipinski definition) is 1. The molecule has 1 N–H and O–H groups in total. The first-order valence-corrected chi connectivity index (χ1v) is 8.34. The van der Waals surface area contributed by atoms with E-state index in [0.29, 0.717) is 18.9 Å². The van der Waals surface area contributed by atoms with Gasteiger partial charge in [0, 0.05) is 23.6 Å². The van der Waals surface area contributed by atoms with E-state index in [1.807, 2.05) is 0 Å². The van der Waals surface area contributed by atoms with Gasteiger partial charge in [-0.2, -0.15) is 4.31 Å². The van der Waals surface area contributed by atoms with Crippen LogP contribution >= 0.6 is 15.9 Å². The molecule has 1 atom stereocenters. The molecule has 0 spiro atoms. The zero-order valence-electron chi connectivity index (χ0n) is 10.7. The Bertz CT molecular complexity index is 657. The summed E-state index contributed by atoms with van der Waals surface area (Å²) >= 11 is 2.84. The predicted molar refractivity (Wildman–Crippen MR) is 73.2 cm³/mol. The van der Waals surface area contributed by atoms with E-state index >= 15 is 0 Å². The molecule has 1 aromatic carbocycles. The monoisotopic (exact) mass is 383 g/mol. The van der Waals surface area contributed by atoms with Crippen molar-refractivity contribution in [2.75, 3.05) is 13.1 Å². The van der Waals surface area contributed by atoms with Gasteiger partial charge in [-0.1, -0.05) is 0 Å². The number of carboxylic acids is 1. The van der Waals surface area contributed by atoms with E-state index in [4.69, 9.17) is 5.11 Å². The SMILES string of the molecule is O=C(O)[C@@H]1CCCN(S(=O)(=O)c2c(F)cc(F)cc2Br)C1. The summed E-state index contributed by atoms with van der Waals surface area (Å²) in [6.45, 7) is -0.115. The highest BCUT2D eigenvalue weighted by atomic mass is 79.9. The summed E-state index contributed by atoms with van der Waals surface area (Å²) in [6, 6.07) is 1.34. The van der Waals surface area contributed by atoms with Crippen LogP contribution in [0.5, 0.6) is 0 Å². The zero-order valence-corrected chi connectivity index (χ0v) is 13.1. The largest absolute Gasteiger partial charge is 0.481 e. The van der Waals surface area contributed by atoms with Crippen molar-refractivity contribution in [3.05, 3.63) is 28.2 Å². The van der Waals surface area contributed by atoms with Crippen LogP contribution in [-0.4, -0.2) is 36.9 Å². The lowest BCUT2D eigenvalue weighted by molar-refractivity contribution is -0.142. The van der Waals surface area contributed by atoms with E-state index in [1.165, 1.54) is 0 Å². The lowest BCUT2D eigenvalue weighted by atomic mass is 10.0. The van der Waals surface area contributed by atoms with E-state index in [9.17, 15) is 22.0 Å². The fraction of sp³-hybridized carbons (Fsp3) is 0.417. The third-order valence-electron chi connectivity index (χ3n) is 3.29. The molecule has 2 rings (SSSR count). The summed E-state index contributed by atoms with van der Waals surface area (Å²) < 4.78 is 52.5. The van der Waals surface area contributed by atoms with Gasteiger partial charge in [0.1, 0.15) is 16.5 Å². The van der Waals surface area contributed by atoms with Gasteiger partial charge in [-0.3, -0.25) is 4.79 Å². The van der Waals surface area contributed by atoms with Crippen molar-refractivity contribution < 1.29 is 27.1 Å². The van der Waals surface area contributed by atoms with E-state index < -0.39 is 38.4 Å². The quantitative estimate of drug-likeness (QED) is 0.867. The molecule has 0 bridgehead atoms. The van der Waals surface area contributed by atoms with Crippen molar-refractivity contribution >= 4 is 31.9 Å². The molecule has 116 valence electrons. The Balaban J connectivity index is 2.41. The van der Waals surface area contributed by atoms with Crippen molar-refractivity contribution in [1.82, 2.24) is 4.31 Å². The number of piperidine rings is 1. The number of nitrogens with zero attached hydrogens (tertiary/aromatic N) is 1. The van der Waals surface area contributed by atoms with Crippen LogP contribution < -0.4 is 0 Å². The molecule has 0 aliphatic carbocycles. The molecular formula is C12H12BrF2NO4S. The van der Waals surface area contributed by atoms with E-state index in [0.717, 1.165) is 10.4 Å². The molecular weight excluding hydrogens is 372 g/mol. The van der Waals surface area contributed by atoms with E-state index in [2.05, 4.69) is 15.9 Å². The lowest BCUT2D eigenvalue weighted by Gasteiger charge is -2.30. The van der Waals surface area contributed by atoms with Gasteiger partial charge < -0.3 is 5.11 Å². The Morgan fingerprint density at radius 1 is 1.38 bits per heavy atom. The summed E-state index contributed by atoms with van der Waals surface area (Å²) in [6.07, 6.45) is 0.741. The Labute approximate surface area is 128 Å². The molecule has 0 saturated carbocycles. The smallest absolute Gasteiger partial charge is 0.307 e. The van der Waals surface area contributed by atoms with Gasteiger partial charge in [0.25, 0.3) is 0 Å². The van der Waals surface area contributed by atoms with Crippen LogP contribution in [0, 0.1) is 17.6 Å². The van der Waals surface area contributed by atoms with Gasteiger partial charge in [-0.05, 0) is 34.8 Å². The minimum absolute atomic E-state index is 0.107. The van der Waals surface area contributed by atoms with Gasteiger partial charge in [0.05, 0.1) is 5.92 Å². The zero-order chi connectivity index (χ0) is 15.8. The topological polar surface area (TPSA) is 74.7 Å². The molecule has 0 amide bonds. The molecule has 0 radical (unpaired) electrons. The molecule has 1 aliphatic heterocycles. The number of carboxylic acid groups (broad SMARTS) is 1. The predicted octanol–water partition coefficient (Wildman–Crippen LogP) is 2.21. The van der Waals surface area contributed by atoms with Crippen molar-refractivity contribution in [3.8, 4) is 0 Å². The van der Waals surface area contributed by atoms with Crippen molar-refractivity contribution in [2.45, 2.75) is 17.7 Å². The molecule has 21 heavy (non-hydrogen) atoms. The summed E-state index contributed by atoms with van der Waals surface area (Å²) in [4.78, 5) is 10.3. The van der Waals surface area contributed by atoms with Gasteiger partial charge in [0.2, 0.25) is 10.0 Å². The number of hydrogen-bond acceptors (Lipinski definition) is 3. The van der Waals surface area contributed by atoms with E-state index in [1.54, 1.807) is 0 Å². The second-order valence-electron chi connectivity index (χ2n) is 4.74. The van der Waals surface area contributed by atoms with Crippen molar-refractivity contribution in [3.63, 3.8) is 0 Å². The molecule has 5 nitrogen and oxygen atoms in total. The molecule has 9 heteroatoms. The Morgan fingerprint density at radius 3 is 2.62 bits per heavy atom. The Kier molecular flexibility index (Phi) is 4.64. The third kappa shape index (κ3) is 3.24. The average molecular weight is 384 g/mol. The van der Waals surface area contributed by atoms with Crippen molar-refractivity contribution in [2.24, 2.45) is 5.92 Å². The number of sulfonamides is 1. The minimum Gasteiger partial charge on any atom is -0.481 e. The van der Waals surface area contributed by atoms with Crippen LogP contribution in [0.3, 0.4) is 0 Å². The van der Waals surface area contributed by atoms with Crippen LogP contribution in [0.2, 0.25) is 0 Å². The second kappa shape index (κ2) is 5.98. The van der Waals surface area contributed by atoms with Gasteiger partial charge in [-0.15, -0.1) is 0 Å². The van der Waals surface area contributed by atoms with Crippen LogP contribution in [0.1, 0.15) is 12.8 Å². The fourth-order valence-electron chi connectivity index (χ4n) is 2.27. The van der Waals surface area contributed by atoms with Gasteiger partial charge in [0.15, 0.2) is 0 Å². The fourth-order valence-corrected chi connectivity index (χ4v) is 4.90. The third-order valence-corrected chi connectivity index (χ3v) is 6.12. The van der Waals surface area contributed by atoms with Crippen LogP contribution in [0.4, 0.5) is 8.78 Å². The maximum absolute atomic E-state index is 13.8. The first kappa shape index (κ1) is 16.3. The molecule has 1 fully saturated rings. The standard InChI is InChI=1S/C12H12BrF2NO4S/c13-9-4-8(14)5-10(15)11(9)21(19,20)16-3-1-2-7(6-16)12(17)18/h4-5,7H,1-3,6H2,(H,17,18)/t7-/m1/s1. The maximum Gasteiger partial charge on any atom is 0.307 e. The maximum atomic E-state index is 13.8. The molecule has 0 unspecified atom stereocenters. The number of halogens is 3. The molecule has 1 aliphatic rings. The first-order chi connectivity index (χ1) is 9.73. The second-order valence-corrected chi connectivity index (χ2v) is 7.47. The van der Waals surface area contributed by atoms with E-state index in [-0.39, 0.29) is 17.6 Å². The van der Waals surface area contributed by atoms with Crippen LogP contribution in [0.25, 0.3) is 0 Å². The number of carbonyl (C=O) groups is 1. The molecule has 1 heterocycles. The summed E-state index contributed by atoms with van der Waals surface area (Å²) in [5, 5.41) is 8.98.